The first-order valence-electron chi connectivity index (χ1n) is 6.35. The normalized spacial score (nSPS) is 15.0. The van der Waals surface area contributed by atoms with Crippen LogP contribution >= 0.6 is 0 Å². The highest BCUT2D eigenvalue weighted by molar-refractivity contribution is 5.28. The van der Waals surface area contributed by atoms with E-state index in [9.17, 15) is 0 Å². The van der Waals surface area contributed by atoms with Crippen LogP contribution in [0.4, 0.5) is 0 Å². The quantitative estimate of drug-likeness (QED) is 0.761. The van der Waals surface area contributed by atoms with Gasteiger partial charge in [-0.1, -0.05) is 0 Å². The Bertz CT molecular complexity index is 521. The van der Waals surface area contributed by atoms with Gasteiger partial charge >= 0.3 is 0 Å². The van der Waals surface area contributed by atoms with E-state index in [-0.39, 0.29) is 6.61 Å². The molecule has 0 aliphatic carbocycles. The zero-order valence-electron chi connectivity index (χ0n) is 10.6. The van der Waals surface area contributed by atoms with E-state index in [0.29, 0.717) is 13.2 Å². The summed E-state index contributed by atoms with van der Waals surface area (Å²) >= 11 is 0. The molecule has 6 nitrogen and oxygen atoms in total. The van der Waals surface area contributed by atoms with Crippen molar-refractivity contribution in [3.63, 3.8) is 0 Å². The van der Waals surface area contributed by atoms with Crippen molar-refractivity contribution in [2.45, 2.75) is 26.2 Å². The lowest BCUT2D eigenvalue weighted by Crippen LogP contribution is -2.16. The molecule has 0 saturated heterocycles. The van der Waals surface area contributed by atoms with E-state index in [0.717, 1.165) is 36.8 Å². The molecule has 1 aliphatic rings. The number of H-pyrrole nitrogens is 1. The lowest BCUT2D eigenvalue weighted by molar-refractivity contribution is 0.0789. The maximum Gasteiger partial charge on any atom is 0.117 e. The standard InChI is InChI=1S/C13H17N3O3/c17-3-5-18-9-13-11-7-16(8-12(11)14-15-13)6-10-2-1-4-19-10/h1-2,4,17H,3,5-9H2,(H,14,15). The number of aliphatic hydroxyl groups is 1. The summed E-state index contributed by atoms with van der Waals surface area (Å²) in [4.78, 5) is 2.29. The van der Waals surface area contributed by atoms with Crippen LogP contribution in [-0.2, 0) is 31.0 Å². The van der Waals surface area contributed by atoms with E-state index in [1.807, 2.05) is 12.1 Å². The molecule has 2 N–H and O–H groups in total. The van der Waals surface area contributed by atoms with Gasteiger partial charge in [0, 0.05) is 18.7 Å². The number of aliphatic hydroxyl groups excluding tert-OH is 1. The van der Waals surface area contributed by atoms with Crippen LogP contribution in [0, 0.1) is 0 Å². The van der Waals surface area contributed by atoms with Crippen molar-refractivity contribution >= 4 is 0 Å². The Hall–Kier alpha value is -1.63. The molecule has 19 heavy (non-hydrogen) atoms. The maximum absolute atomic E-state index is 8.70. The number of furan rings is 1. The third kappa shape index (κ3) is 2.70. The number of hydrogen-bond donors (Lipinski definition) is 2. The summed E-state index contributed by atoms with van der Waals surface area (Å²) in [6.45, 7) is 3.33. The topological polar surface area (TPSA) is 74.5 Å². The number of aromatic amines is 1. The number of rotatable bonds is 6. The lowest BCUT2D eigenvalue weighted by atomic mass is 10.2. The van der Waals surface area contributed by atoms with Crippen molar-refractivity contribution in [2.24, 2.45) is 0 Å². The average molecular weight is 263 g/mol. The zero-order valence-corrected chi connectivity index (χ0v) is 10.6. The molecule has 0 amide bonds. The van der Waals surface area contributed by atoms with Crippen molar-refractivity contribution in [2.75, 3.05) is 13.2 Å². The average Bonchev–Trinajstić information content (AvgIpc) is 3.09. The fraction of sp³-hybridized carbons (Fsp3) is 0.462. The highest BCUT2D eigenvalue weighted by Gasteiger charge is 2.25. The predicted molar refractivity (Wildman–Crippen MR) is 67.0 cm³/mol. The Balaban J connectivity index is 1.61. The molecule has 1 aliphatic heterocycles. The van der Waals surface area contributed by atoms with E-state index in [2.05, 4.69) is 15.1 Å². The molecule has 0 spiro atoms. The fourth-order valence-corrected chi connectivity index (χ4v) is 2.35. The Morgan fingerprint density at radius 3 is 3.21 bits per heavy atom. The van der Waals surface area contributed by atoms with Crippen LogP contribution in [-0.4, -0.2) is 33.4 Å². The van der Waals surface area contributed by atoms with Gasteiger partial charge in [0.05, 0.1) is 44.0 Å². The maximum atomic E-state index is 8.70. The van der Waals surface area contributed by atoms with Gasteiger partial charge in [-0.2, -0.15) is 5.10 Å². The number of nitrogens with one attached hydrogen (secondary N) is 1. The summed E-state index contributed by atoms with van der Waals surface area (Å²) in [5.41, 5.74) is 3.30. The van der Waals surface area contributed by atoms with Gasteiger partial charge in [0.25, 0.3) is 0 Å². The van der Waals surface area contributed by atoms with Crippen LogP contribution in [0.5, 0.6) is 0 Å². The fourth-order valence-electron chi connectivity index (χ4n) is 2.35. The van der Waals surface area contributed by atoms with Crippen LogP contribution in [0.25, 0.3) is 0 Å². The van der Waals surface area contributed by atoms with Crippen LogP contribution in [0.2, 0.25) is 0 Å². The van der Waals surface area contributed by atoms with Gasteiger partial charge in [0.2, 0.25) is 0 Å². The molecule has 3 rings (SSSR count). The second-order valence-electron chi connectivity index (χ2n) is 4.63. The molecule has 0 atom stereocenters. The molecular weight excluding hydrogens is 246 g/mol. The smallest absolute Gasteiger partial charge is 0.117 e. The second kappa shape index (κ2) is 5.56. The highest BCUT2D eigenvalue weighted by Crippen LogP contribution is 2.25. The molecule has 0 fully saturated rings. The van der Waals surface area contributed by atoms with E-state index in [1.165, 1.54) is 5.56 Å². The van der Waals surface area contributed by atoms with Gasteiger partial charge in [0.1, 0.15) is 5.76 Å². The van der Waals surface area contributed by atoms with Gasteiger partial charge in [-0.05, 0) is 12.1 Å². The van der Waals surface area contributed by atoms with E-state index in [1.54, 1.807) is 6.26 Å². The Morgan fingerprint density at radius 2 is 2.42 bits per heavy atom. The minimum atomic E-state index is 0.0389. The number of fused-ring (bicyclic) bond motifs is 1. The van der Waals surface area contributed by atoms with Gasteiger partial charge < -0.3 is 14.3 Å². The third-order valence-electron chi connectivity index (χ3n) is 3.24. The van der Waals surface area contributed by atoms with Crippen LogP contribution in [0.3, 0.4) is 0 Å². The first-order chi connectivity index (χ1) is 9.36. The van der Waals surface area contributed by atoms with Crippen molar-refractivity contribution in [3.8, 4) is 0 Å². The van der Waals surface area contributed by atoms with E-state index in [4.69, 9.17) is 14.3 Å². The summed E-state index contributed by atoms with van der Waals surface area (Å²) in [5, 5.41) is 16.0. The molecule has 0 unspecified atom stereocenters. The molecule has 0 bridgehead atoms. The summed E-state index contributed by atoms with van der Waals surface area (Å²) in [6, 6.07) is 3.89. The molecule has 102 valence electrons. The molecular formula is C13H17N3O3. The van der Waals surface area contributed by atoms with Crippen LogP contribution in [0.1, 0.15) is 22.7 Å². The van der Waals surface area contributed by atoms with Gasteiger partial charge in [-0.15, -0.1) is 0 Å². The van der Waals surface area contributed by atoms with Crippen molar-refractivity contribution in [1.82, 2.24) is 15.1 Å². The van der Waals surface area contributed by atoms with Gasteiger partial charge in [-0.3, -0.25) is 10.00 Å². The van der Waals surface area contributed by atoms with Gasteiger partial charge in [0.15, 0.2) is 0 Å². The molecule has 0 radical (unpaired) electrons. The molecule has 3 heterocycles. The van der Waals surface area contributed by atoms with Crippen LogP contribution < -0.4 is 0 Å². The third-order valence-corrected chi connectivity index (χ3v) is 3.24. The minimum Gasteiger partial charge on any atom is -0.468 e. The van der Waals surface area contributed by atoms with Gasteiger partial charge in [-0.25, -0.2) is 0 Å². The molecule has 0 saturated carbocycles. The molecule has 6 heteroatoms. The number of hydrogen-bond acceptors (Lipinski definition) is 5. The molecule has 2 aromatic heterocycles. The predicted octanol–water partition coefficient (Wildman–Crippen LogP) is 1.03. The Kier molecular flexibility index (Phi) is 3.63. The highest BCUT2D eigenvalue weighted by atomic mass is 16.5. The Labute approximate surface area is 111 Å². The largest absolute Gasteiger partial charge is 0.468 e. The number of ether oxygens (including phenoxy) is 1. The summed E-state index contributed by atoms with van der Waals surface area (Å²) in [5.74, 6) is 0.969. The number of nitrogens with zero attached hydrogens (tertiary/aromatic N) is 2. The Morgan fingerprint density at radius 1 is 1.47 bits per heavy atom. The zero-order chi connectivity index (χ0) is 13.1. The SMILES string of the molecule is OCCOCc1n[nH]c2c1CN(Cc1ccco1)C2. The first-order valence-corrected chi connectivity index (χ1v) is 6.35. The number of aromatic nitrogens is 2. The second-order valence-corrected chi connectivity index (χ2v) is 4.63. The van der Waals surface area contributed by atoms with Crippen molar-refractivity contribution in [3.05, 3.63) is 41.1 Å². The van der Waals surface area contributed by atoms with Crippen molar-refractivity contribution < 1.29 is 14.3 Å². The first kappa shape index (κ1) is 12.4. The van der Waals surface area contributed by atoms with Crippen molar-refractivity contribution in [1.29, 1.82) is 0 Å². The monoisotopic (exact) mass is 263 g/mol. The molecule has 2 aromatic rings. The summed E-state index contributed by atoms with van der Waals surface area (Å²) in [7, 11) is 0. The molecule has 0 aromatic carbocycles. The summed E-state index contributed by atoms with van der Waals surface area (Å²) in [6.07, 6.45) is 1.69. The van der Waals surface area contributed by atoms with E-state index >= 15 is 0 Å². The van der Waals surface area contributed by atoms with Crippen LogP contribution in [0.15, 0.2) is 22.8 Å². The summed E-state index contributed by atoms with van der Waals surface area (Å²) < 4.78 is 10.7. The lowest BCUT2D eigenvalue weighted by Gasteiger charge is -2.13. The minimum absolute atomic E-state index is 0.0389. The van der Waals surface area contributed by atoms with E-state index < -0.39 is 0 Å².